The molecule has 0 aliphatic carbocycles. The van der Waals surface area contributed by atoms with E-state index < -0.39 is 5.82 Å². The second-order valence-corrected chi connectivity index (χ2v) is 7.91. The number of ether oxygens (including phenoxy) is 1. The number of rotatable bonds is 5. The Bertz CT molecular complexity index is 1080. The molecule has 0 unspecified atom stereocenters. The molecule has 2 aromatic heterocycles. The van der Waals surface area contributed by atoms with Gasteiger partial charge >= 0.3 is 0 Å². The maximum atomic E-state index is 14.6. The van der Waals surface area contributed by atoms with Crippen LogP contribution in [0.3, 0.4) is 0 Å². The fourth-order valence-corrected chi connectivity index (χ4v) is 3.88. The van der Waals surface area contributed by atoms with Crippen molar-refractivity contribution in [1.82, 2.24) is 15.3 Å². The summed E-state index contributed by atoms with van der Waals surface area (Å²) in [6, 6.07) is 7.19. The van der Waals surface area contributed by atoms with Crippen molar-refractivity contribution in [3.8, 4) is 17.0 Å². The molecule has 0 saturated carbocycles. The molecule has 148 valence electrons. The van der Waals surface area contributed by atoms with E-state index in [2.05, 4.69) is 15.3 Å². The third-order valence-electron chi connectivity index (χ3n) is 4.65. The van der Waals surface area contributed by atoms with Gasteiger partial charge in [-0.2, -0.15) is 0 Å². The third kappa shape index (κ3) is 4.35. The number of thiophene rings is 1. The molecular formula is C22H20FN3O2S. The molecule has 1 aliphatic heterocycles. The summed E-state index contributed by atoms with van der Waals surface area (Å²) < 4.78 is 20.4. The molecule has 0 radical (unpaired) electrons. The average molecular weight is 409 g/mol. The number of halogens is 1. The summed E-state index contributed by atoms with van der Waals surface area (Å²) in [5, 5.41) is 4.77. The molecule has 0 fully saturated rings. The van der Waals surface area contributed by atoms with Crippen LogP contribution in [0.4, 0.5) is 4.39 Å². The minimum absolute atomic E-state index is 0.204. The first-order chi connectivity index (χ1) is 14.0. The predicted molar refractivity (Wildman–Crippen MR) is 111 cm³/mol. The highest BCUT2D eigenvalue weighted by molar-refractivity contribution is 7.10. The highest BCUT2D eigenvalue weighted by atomic mass is 32.1. The fourth-order valence-electron chi connectivity index (χ4n) is 3.27. The fraction of sp³-hybridized carbons (Fsp3) is 0.227. The summed E-state index contributed by atoms with van der Waals surface area (Å²) in [6.45, 7) is 4.01. The second-order valence-electron chi connectivity index (χ2n) is 6.93. The highest BCUT2D eigenvalue weighted by Crippen LogP contribution is 2.35. The smallest absolute Gasteiger partial charge is 0.244 e. The number of carbonyl (C=O) groups is 1. The average Bonchev–Trinajstić information content (AvgIpc) is 3.36. The molecule has 5 nitrogen and oxygen atoms in total. The van der Waals surface area contributed by atoms with Gasteiger partial charge in [0, 0.05) is 34.7 Å². The monoisotopic (exact) mass is 409 g/mol. The topological polar surface area (TPSA) is 64.1 Å². The number of aromatic nitrogens is 2. The Labute approximate surface area is 172 Å². The Balaban J connectivity index is 1.43. The quantitative estimate of drug-likeness (QED) is 0.645. The van der Waals surface area contributed by atoms with Crippen LogP contribution in [0.2, 0.25) is 0 Å². The molecule has 1 atom stereocenters. The molecule has 1 amide bonds. The summed E-state index contributed by atoms with van der Waals surface area (Å²) in [7, 11) is 0. The van der Waals surface area contributed by atoms with Crippen molar-refractivity contribution in [3.63, 3.8) is 0 Å². The molecule has 1 N–H and O–H groups in total. The van der Waals surface area contributed by atoms with Crippen molar-refractivity contribution in [2.24, 2.45) is 0 Å². The Morgan fingerprint density at radius 2 is 2.28 bits per heavy atom. The molecular weight excluding hydrogens is 389 g/mol. The van der Waals surface area contributed by atoms with Crippen LogP contribution in [0.15, 0.2) is 41.9 Å². The van der Waals surface area contributed by atoms with E-state index in [0.29, 0.717) is 24.2 Å². The Morgan fingerprint density at radius 3 is 3.07 bits per heavy atom. The number of nitrogens with zero attached hydrogens (tertiary/aromatic N) is 2. The van der Waals surface area contributed by atoms with Crippen molar-refractivity contribution >= 4 is 23.3 Å². The van der Waals surface area contributed by atoms with Crippen LogP contribution in [-0.4, -0.2) is 28.5 Å². The molecule has 4 rings (SSSR count). The standard InChI is InChI=1S/C22H20FN3O2S/c1-13-11-24-14(2)21(26-13)15-8-16-9-17(28-22(16)19(23)10-15)12-25-20(27)6-5-18-4-3-7-29-18/h3-8,10-11,17H,9,12H2,1-2H3,(H,25,27)/b6-5+/t17-/m1/s1. The largest absolute Gasteiger partial charge is 0.485 e. The van der Waals surface area contributed by atoms with Gasteiger partial charge in [-0.3, -0.25) is 9.78 Å². The van der Waals surface area contributed by atoms with Crippen molar-refractivity contribution in [1.29, 1.82) is 0 Å². The van der Waals surface area contributed by atoms with Gasteiger partial charge in [-0.05, 0) is 43.5 Å². The number of nitrogens with one attached hydrogen (secondary N) is 1. The lowest BCUT2D eigenvalue weighted by molar-refractivity contribution is -0.116. The molecule has 0 spiro atoms. The number of benzene rings is 1. The molecule has 1 aromatic carbocycles. The first-order valence-corrected chi connectivity index (χ1v) is 10.2. The summed E-state index contributed by atoms with van der Waals surface area (Å²) in [5.74, 6) is -0.378. The van der Waals surface area contributed by atoms with Gasteiger partial charge in [0.1, 0.15) is 6.10 Å². The number of hydrogen-bond donors (Lipinski definition) is 1. The molecule has 0 bridgehead atoms. The van der Waals surface area contributed by atoms with E-state index in [4.69, 9.17) is 4.74 Å². The minimum Gasteiger partial charge on any atom is -0.485 e. The zero-order valence-electron chi connectivity index (χ0n) is 16.1. The summed E-state index contributed by atoms with van der Waals surface area (Å²) in [6.07, 6.45) is 5.16. The van der Waals surface area contributed by atoms with E-state index >= 15 is 0 Å². The van der Waals surface area contributed by atoms with Crippen molar-refractivity contribution in [2.75, 3.05) is 6.54 Å². The van der Waals surface area contributed by atoms with Gasteiger partial charge in [-0.1, -0.05) is 6.07 Å². The first kappa shape index (κ1) is 19.3. The molecule has 7 heteroatoms. The van der Waals surface area contributed by atoms with E-state index in [1.54, 1.807) is 23.6 Å². The van der Waals surface area contributed by atoms with E-state index in [1.165, 1.54) is 12.1 Å². The summed E-state index contributed by atoms with van der Waals surface area (Å²) in [4.78, 5) is 21.8. The van der Waals surface area contributed by atoms with Crippen molar-refractivity contribution in [2.45, 2.75) is 26.4 Å². The molecule has 0 saturated heterocycles. The van der Waals surface area contributed by atoms with Gasteiger partial charge in [-0.25, -0.2) is 9.37 Å². The minimum atomic E-state index is -0.424. The van der Waals surface area contributed by atoms with Crippen molar-refractivity contribution < 1.29 is 13.9 Å². The number of amides is 1. The number of fused-ring (bicyclic) bond motifs is 1. The van der Waals surface area contributed by atoms with E-state index in [9.17, 15) is 9.18 Å². The maximum absolute atomic E-state index is 14.6. The lowest BCUT2D eigenvalue weighted by Crippen LogP contribution is -2.33. The van der Waals surface area contributed by atoms with E-state index in [-0.39, 0.29) is 17.8 Å². The van der Waals surface area contributed by atoms with E-state index in [0.717, 1.165) is 21.8 Å². The van der Waals surface area contributed by atoms with Crippen LogP contribution in [0.1, 0.15) is 21.8 Å². The van der Waals surface area contributed by atoms with Crippen LogP contribution >= 0.6 is 11.3 Å². The van der Waals surface area contributed by atoms with Crippen LogP contribution in [0.5, 0.6) is 5.75 Å². The zero-order valence-corrected chi connectivity index (χ0v) is 16.9. The number of aryl methyl sites for hydroxylation is 2. The Hall–Kier alpha value is -3.06. The first-order valence-electron chi connectivity index (χ1n) is 9.28. The van der Waals surface area contributed by atoms with Crippen LogP contribution in [0.25, 0.3) is 17.3 Å². The van der Waals surface area contributed by atoms with Crippen LogP contribution in [-0.2, 0) is 11.2 Å². The van der Waals surface area contributed by atoms with Gasteiger partial charge in [0.15, 0.2) is 11.6 Å². The molecule has 3 aromatic rings. The van der Waals surface area contributed by atoms with Gasteiger partial charge in [0.05, 0.1) is 23.6 Å². The van der Waals surface area contributed by atoms with Crippen LogP contribution < -0.4 is 10.1 Å². The predicted octanol–water partition coefficient (Wildman–Crippen LogP) is 4.09. The number of hydrogen-bond acceptors (Lipinski definition) is 5. The molecule has 3 heterocycles. The maximum Gasteiger partial charge on any atom is 0.244 e. The normalized spacial score (nSPS) is 15.3. The third-order valence-corrected chi connectivity index (χ3v) is 5.49. The van der Waals surface area contributed by atoms with Gasteiger partial charge in [0.25, 0.3) is 0 Å². The van der Waals surface area contributed by atoms with Gasteiger partial charge < -0.3 is 10.1 Å². The lowest BCUT2D eigenvalue weighted by Gasteiger charge is -2.11. The van der Waals surface area contributed by atoms with Crippen LogP contribution in [0, 0.1) is 19.7 Å². The highest BCUT2D eigenvalue weighted by Gasteiger charge is 2.27. The Morgan fingerprint density at radius 1 is 1.41 bits per heavy atom. The lowest BCUT2D eigenvalue weighted by atomic mass is 10.0. The summed E-state index contributed by atoms with van der Waals surface area (Å²) >= 11 is 1.56. The second kappa shape index (κ2) is 8.13. The van der Waals surface area contributed by atoms with E-state index in [1.807, 2.05) is 37.4 Å². The number of carbonyl (C=O) groups excluding carboxylic acids is 1. The molecule has 29 heavy (non-hydrogen) atoms. The summed E-state index contributed by atoms with van der Waals surface area (Å²) in [5.41, 5.74) is 3.65. The Kier molecular flexibility index (Phi) is 5.40. The van der Waals surface area contributed by atoms with Gasteiger partial charge in [-0.15, -0.1) is 11.3 Å². The molecule has 1 aliphatic rings. The van der Waals surface area contributed by atoms with Crippen molar-refractivity contribution in [3.05, 3.63) is 69.6 Å². The van der Waals surface area contributed by atoms with Gasteiger partial charge in [0.2, 0.25) is 5.91 Å². The SMILES string of the molecule is Cc1cnc(C)c(-c2cc(F)c3c(c2)C[C@H](CNC(=O)/C=C/c2cccs2)O3)n1. The zero-order chi connectivity index (χ0) is 20.4.